The van der Waals surface area contributed by atoms with E-state index in [1.165, 1.54) is 0 Å². The van der Waals surface area contributed by atoms with Crippen molar-refractivity contribution in [2.45, 2.75) is 51.9 Å². The van der Waals surface area contributed by atoms with Crippen molar-refractivity contribution in [2.24, 2.45) is 5.92 Å². The summed E-state index contributed by atoms with van der Waals surface area (Å²) in [5.41, 5.74) is 3.91. The van der Waals surface area contributed by atoms with E-state index < -0.39 is 20.2 Å². The standard InChI is InChI=1S/C25H32FN3O3Si/c1-16-19-14-27-23(28-25(30)18-12-20(18)26)13-21(19)29(15-32-10-11-33(3,4)5)24(16)17-8-6-7-9-22(17)31-2/h6-9,13-14,18,20H,10-12,15H2,1-5H3,(H,27,28,30)/t18-,20+/m1/s1. The van der Waals surface area contributed by atoms with Gasteiger partial charge in [-0.25, -0.2) is 9.37 Å². The predicted molar refractivity (Wildman–Crippen MR) is 132 cm³/mol. The van der Waals surface area contributed by atoms with Gasteiger partial charge in [0, 0.05) is 37.9 Å². The van der Waals surface area contributed by atoms with Crippen molar-refractivity contribution in [3.8, 4) is 17.0 Å². The van der Waals surface area contributed by atoms with Gasteiger partial charge in [0.1, 0.15) is 24.5 Å². The van der Waals surface area contributed by atoms with E-state index in [1.54, 1.807) is 13.3 Å². The maximum Gasteiger partial charge on any atom is 0.231 e. The van der Waals surface area contributed by atoms with E-state index in [0.29, 0.717) is 19.2 Å². The lowest BCUT2D eigenvalue weighted by Gasteiger charge is -2.18. The number of alkyl halides is 1. The average molecular weight is 470 g/mol. The Labute approximate surface area is 195 Å². The van der Waals surface area contributed by atoms with Gasteiger partial charge in [-0.1, -0.05) is 31.8 Å². The zero-order valence-corrected chi connectivity index (χ0v) is 20.9. The van der Waals surface area contributed by atoms with Crippen molar-refractivity contribution in [2.75, 3.05) is 19.0 Å². The molecule has 1 amide bonds. The zero-order valence-electron chi connectivity index (χ0n) is 19.9. The van der Waals surface area contributed by atoms with Crippen LogP contribution in [0.25, 0.3) is 22.2 Å². The SMILES string of the molecule is COc1ccccc1-c1c(C)c2cnc(NC(=O)[C@@H]3C[C@@H]3F)cc2n1COCC[Si](C)(C)C. The number of aromatic nitrogens is 2. The fourth-order valence-corrected chi connectivity index (χ4v) is 4.74. The smallest absolute Gasteiger partial charge is 0.231 e. The van der Waals surface area contributed by atoms with Gasteiger partial charge in [-0.3, -0.25) is 4.79 Å². The van der Waals surface area contributed by atoms with Gasteiger partial charge >= 0.3 is 0 Å². The summed E-state index contributed by atoms with van der Waals surface area (Å²) in [6, 6.07) is 10.8. The molecule has 2 heterocycles. The van der Waals surface area contributed by atoms with Crippen molar-refractivity contribution in [1.82, 2.24) is 9.55 Å². The van der Waals surface area contributed by atoms with Gasteiger partial charge < -0.3 is 19.4 Å². The molecule has 1 saturated carbocycles. The number of nitrogens with one attached hydrogen (secondary N) is 1. The Bertz CT molecular complexity index is 1170. The minimum atomic E-state index is -1.22. The second-order valence-corrected chi connectivity index (χ2v) is 15.5. The van der Waals surface area contributed by atoms with Gasteiger partial charge in [0.25, 0.3) is 0 Å². The average Bonchev–Trinajstić information content (AvgIpc) is 3.45. The van der Waals surface area contributed by atoms with E-state index in [1.807, 2.05) is 30.3 Å². The molecule has 0 aliphatic heterocycles. The number of carbonyl (C=O) groups excluding carboxylic acids is 1. The van der Waals surface area contributed by atoms with Gasteiger partial charge in [-0.05, 0) is 37.1 Å². The lowest BCUT2D eigenvalue weighted by Crippen LogP contribution is -2.22. The normalized spacial score (nSPS) is 17.9. The molecule has 2 atom stereocenters. The summed E-state index contributed by atoms with van der Waals surface area (Å²) in [5.74, 6) is 0.306. The van der Waals surface area contributed by atoms with Crippen molar-refractivity contribution >= 4 is 30.7 Å². The van der Waals surface area contributed by atoms with Crippen LogP contribution in [-0.4, -0.2) is 43.4 Å². The van der Waals surface area contributed by atoms with Gasteiger partial charge in [0.05, 0.1) is 24.2 Å². The van der Waals surface area contributed by atoms with Crippen molar-refractivity contribution < 1.29 is 18.7 Å². The number of fused-ring (bicyclic) bond motifs is 1. The highest BCUT2D eigenvalue weighted by Gasteiger charge is 2.43. The number of halogens is 1. The van der Waals surface area contributed by atoms with Gasteiger partial charge in [0.2, 0.25) is 5.91 Å². The van der Waals surface area contributed by atoms with Crippen LogP contribution in [0.2, 0.25) is 25.7 Å². The first-order valence-electron chi connectivity index (χ1n) is 11.3. The molecular weight excluding hydrogens is 437 g/mol. The first kappa shape index (κ1) is 23.4. The molecule has 4 rings (SSSR count). The fourth-order valence-electron chi connectivity index (χ4n) is 3.99. The number of rotatable bonds is 9. The number of anilines is 1. The molecule has 3 aromatic rings. The minimum Gasteiger partial charge on any atom is -0.496 e. The molecule has 0 spiro atoms. The molecule has 0 unspecified atom stereocenters. The molecule has 1 aliphatic carbocycles. The molecular formula is C25H32FN3O3Si. The maximum absolute atomic E-state index is 13.3. The molecule has 6 nitrogen and oxygen atoms in total. The quantitative estimate of drug-likeness (QED) is 0.326. The van der Waals surface area contributed by atoms with E-state index in [2.05, 4.69) is 41.4 Å². The fraction of sp³-hybridized carbons (Fsp3) is 0.440. The van der Waals surface area contributed by atoms with Crippen LogP contribution < -0.4 is 10.1 Å². The van der Waals surface area contributed by atoms with Gasteiger partial charge in [0.15, 0.2) is 0 Å². The molecule has 33 heavy (non-hydrogen) atoms. The van der Waals surface area contributed by atoms with Crippen molar-refractivity contribution in [3.05, 3.63) is 42.1 Å². The lowest BCUT2D eigenvalue weighted by atomic mass is 10.1. The summed E-state index contributed by atoms with van der Waals surface area (Å²) < 4.78 is 27.2. The molecule has 0 radical (unpaired) electrons. The minimum absolute atomic E-state index is 0.284. The number of para-hydroxylation sites is 1. The number of ether oxygens (including phenoxy) is 2. The van der Waals surface area contributed by atoms with Crippen molar-refractivity contribution in [1.29, 1.82) is 0 Å². The summed E-state index contributed by atoms with van der Waals surface area (Å²) in [5, 5.41) is 3.74. The van der Waals surface area contributed by atoms with Crippen molar-refractivity contribution in [3.63, 3.8) is 0 Å². The van der Waals surface area contributed by atoms with Crippen LogP contribution in [0.4, 0.5) is 10.2 Å². The molecule has 0 bridgehead atoms. The highest BCUT2D eigenvalue weighted by molar-refractivity contribution is 6.76. The molecule has 8 heteroatoms. The third-order valence-electron chi connectivity index (χ3n) is 6.08. The van der Waals surface area contributed by atoms with Crippen LogP contribution in [0.3, 0.4) is 0 Å². The third-order valence-corrected chi connectivity index (χ3v) is 7.79. The Morgan fingerprint density at radius 1 is 1.30 bits per heavy atom. The van der Waals surface area contributed by atoms with E-state index in [0.717, 1.165) is 39.5 Å². The number of carbonyl (C=O) groups is 1. The number of amides is 1. The lowest BCUT2D eigenvalue weighted by molar-refractivity contribution is -0.117. The number of aryl methyl sites for hydroxylation is 1. The predicted octanol–water partition coefficient (Wildman–Crippen LogP) is 5.63. The molecule has 1 N–H and O–H groups in total. The maximum atomic E-state index is 13.3. The molecule has 0 saturated heterocycles. The Morgan fingerprint density at radius 2 is 2.03 bits per heavy atom. The monoisotopic (exact) mass is 469 g/mol. The van der Waals surface area contributed by atoms with E-state index in [4.69, 9.17) is 9.47 Å². The number of nitrogens with zero attached hydrogens (tertiary/aromatic N) is 2. The summed E-state index contributed by atoms with van der Waals surface area (Å²) in [7, 11) is 0.447. The third kappa shape index (κ3) is 5.12. The summed E-state index contributed by atoms with van der Waals surface area (Å²) in [4.78, 5) is 16.7. The highest BCUT2D eigenvalue weighted by atomic mass is 28.3. The summed E-state index contributed by atoms with van der Waals surface area (Å²) in [6.45, 7) is 10.1. The van der Waals surface area contributed by atoms with Gasteiger partial charge in [-0.15, -0.1) is 0 Å². The summed E-state index contributed by atoms with van der Waals surface area (Å²) >= 11 is 0. The van der Waals surface area contributed by atoms with Crippen LogP contribution in [0.5, 0.6) is 5.75 Å². The molecule has 2 aromatic heterocycles. The number of pyridine rings is 1. The highest BCUT2D eigenvalue weighted by Crippen LogP contribution is 2.39. The second-order valence-electron chi connectivity index (χ2n) is 9.88. The topological polar surface area (TPSA) is 65.4 Å². The first-order valence-corrected chi connectivity index (χ1v) is 15.0. The van der Waals surface area contributed by atoms with Crippen LogP contribution in [0.1, 0.15) is 12.0 Å². The van der Waals surface area contributed by atoms with Crippen LogP contribution in [0, 0.1) is 12.8 Å². The Morgan fingerprint density at radius 3 is 2.70 bits per heavy atom. The number of methoxy groups -OCH3 is 1. The first-order chi connectivity index (χ1) is 15.7. The molecule has 1 fully saturated rings. The number of hydrogen-bond acceptors (Lipinski definition) is 4. The number of hydrogen-bond donors (Lipinski definition) is 1. The Kier molecular flexibility index (Phi) is 6.58. The second kappa shape index (κ2) is 9.27. The van der Waals surface area contributed by atoms with E-state index >= 15 is 0 Å². The Balaban J connectivity index is 1.74. The van der Waals surface area contributed by atoms with Crippen LogP contribution in [-0.2, 0) is 16.3 Å². The van der Waals surface area contributed by atoms with E-state index in [9.17, 15) is 9.18 Å². The van der Waals surface area contributed by atoms with Crippen LogP contribution >= 0.6 is 0 Å². The largest absolute Gasteiger partial charge is 0.496 e. The molecule has 176 valence electrons. The number of benzene rings is 1. The van der Waals surface area contributed by atoms with Crippen LogP contribution in [0.15, 0.2) is 36.5 Å². The van der Waals surface area contributed by atoms with Gasteiger partial charge in [-0.2, -0.15) is 0 Å². The molecule has 1 aromatic carbocycles. The van der Waals surface area contributed by atoms with E-state index in [-0.39, 0.29) is 12.3 Å². The zero-order chi connectivity index (χ0) is 23.8. The Hall–Kier alpha value is -2.71. The summed E-state index contributed by atoms with van der Waals surface area (Å²) in [6.07, 6.45) is 1.00. The molecule has 1 aliphatic rings.